The first kappa shape index (κ1) is 19.1. The first-order chi connectivity index (χ1) is 13.0. The minimum atomic E-state index is -0.553. The molecule has 3 aromatic rings. The van der Waals surface area contributed by atoms with Gasteiger partial charge in [-0.2, -0.15) is 0 Å². The fraction of sp³-hybridized carbons (Fsp3) is 0.0526. The summed E-state index contributed by atoms with van der Waals surface area (Å²) < 4.78 is 19.4. The summed E-state index contributed by atoms with van der Waals surface area (Å²) in [7, 11) is 0. The Balaban J connectivity index is 1.51. The molecule has 0 saturated carbocycles. The van der Waals surface area contributed by atoms with E-state index in [1.807, 2.05) is 5.38 Å². The molecule has 0 aliphatic rings. The lowest BCUT2D eigenvalue weighted by atomic mass is 10.2. The summed E-state index contributed by atoms with van der Waals surface area (Å²) in [6.45, 7) is -0.324. The van der Waals surface area contributed by atoms with Gasteiger partial charge in [0.25, 0.3) is 11.8 Å². The molecule has 0 unspecified atom stereocenters. The molecule has 0 aliphatic carbocycles. The van der Waals surface area contributed by atoms with Crippen molar-refractivity contribution in [3.63, 3.8) is 0 Å². The van der Waals surface area contributed by atoms with Crippen molar-refractivity contribution in [1.82, 2.24) is 0 Å². The summed E-state index contributed by atoms with van der Waals surface area (Å²) in [4.78, 5) is 24.5. The fourth-order valence-corrected chi connectivity index (χ4v) is 3.12. The molecule has 3 rings (SSSR count). The van der Waals surface area contributed by atoms with Gasteiger partial charge in [-0.15, -0.1) is 11.3 Å². The Morgan fingerprint density at radius 1 is 1.04 bits per heavy atom. The van der Waals surface area contributed by atoms with Crippen molar-refractivity contribution in [3.05, 3.63) is 75.1 Å². The van der Waals surface area contributed by atoms with Gasteiger partial charge in [-0.25, -0.2) is 4.39 Å². The maximum absolute atomic E-state index is 13.7. The molecule has 0 fully saturated rings. The lowest BCUT2D eigenvalue weighted by Gasteiger charge is -2.09. The quantitative estimate of drug-likeness (QED) is 0.562. The van der Waals surface area contributed by atoms with E-state index in [0.717, 1.165) is 0 Å². The predicted octanol–water partition coefficient (Wildman–Crippen LogP) is 4.92. The van der Waals surface area contributed by atoms with Gasteiger partial charge in [0.1, 0.15) is 0 Å². The molecule has 0 saturated heterocycles. The van der Waals surface area contributed by atoms with Crippen LogP contribution in [-0.4, -0.2) is 18.4 Å². The Bertz CT molecular complexity index is 946. The van der Waals surface area contributed by atoms with Crippen LogP contribution in [0.15, 0.2) is 64.5 Å². The van der Waals surface area contributed by atoms with Crippen LogP contribution >= 0.6 is 27.3 Å². The van der Waals surface area contributed by atoms with Crippen LogP contribution in [0.5, 0.6) is 5.75 Å². The highest BCUT2D eigenvalue weighted by Gasteiger charge is 2.09. The van der Waals surface area contributed by atoms with Crippen LogP contribution in [0, 0.1) is 5.82 Å². The number of halogens is 2. The minimum Gasteiger partial charge on any atom is -0.481 e. The molecule has 138 valence electrons. The first-order valence-electron chi connectivity index (χ1n) is 7.84. The normalized spacial score (nSPS) is 10.3. The molecule has 27 heavy (non-hydrogen) atoms. The summed E-state index contributed by atoms with van der Waals surface area (Å²) in [6.07, 6.45) is 0. The molecule has 0 bridgehead atoms. The lowest BCUT2D eigenvalue weighted by molar-refractivity contribution is -0.118. The van der Waals surface area contributed by atoms with Gasteiger partial charge in [0.05, 0.1) is 4.88 Å². The zero-order valence-corrected chi connectivity index (χ0v) is 16.3. The van der Waals surface area contributed by atoms with Crippen LogP contribution in [0.3, 0.4) is 0 Å². The highest BCUT2D eigenvalue weighted by molar-refractivity contribution is 9.10. The Morgan fingerprint density at radius 2 is 1.74 bits per heavy atom. The van der Waals surface area contributed by atoms with Gasteiger partial charge in [-0.05, 0) is 53.9 Å². The second-order valence-electron chi connectivity index (χ2n) is 5.42. The maximum atomic E-state index is 13.7. The van der Waals surface area contributed by atoms with Gasteiger partial charge in [0, 0.05) is 15.8 Å². The SMILES string of the molecule is O=C(COc1ccc(Br)cc1F)Nc1ccc(NC(=O)c2cccs2)cc1. The predicted molar refractivity (Wildman–Crippen MR) is 107 cm³/mol. The molecule has 0 radical (unpaired) electrons. The van der Waals surface area contributed by atoms with Crippen LogP contribution in [0.4, 0.5) is 15.8 Å². The Morgan fingerprint density at radius 3 is 2.37 bits per heavy atom. The van der Waals surface area contributed by atoms with E-state index >= 15 is 0 Å². The van der Waals surface area contributed by atoms with Gasteiger partial charge in [-0.3, -0.25) is 9.59 Å². The summed E-state index contributed by atoms with van der Waals surface area (Å²) in [5.74, 6) is -1.16. The maximum Gasteiger partial charge on any atom is 0.265 e. The zero-order chi connectivity index (χ0) is 19.2. The number of thiophene rings is 1. The Hall–Kier alpha value is -2.71. The highest BCUT2D eigenvalue weighted by Crippen LogP contribution is 2.21. The summed E-state index contributed by atoms with van der Waals surface area (Å²) in [5, 5.41) is 7.24. The van der Waals surface area contributed by atoms with Crippen molar-refractivity contribution >= 4 is 50.5 Å². The third-order valence-corrected chi connectivity index (χ3v) is 4.79. The minimum absolute atomic E-state index is 0.0000117. The average molecular weight is 449 g/mol. The molecular formula is C19H14BrFN2O3S. The van der Waals surface area contributed by atoms with E-state index in [2.05, 4.69) is 26.6 Å². The number of nitrogens with one attached hydrogen (secondary N) is 2. The first-order valence-corrected chi connectivity index (χ1v) is 9.51. The molecule has 8 heteroatoms. The van der Waals surface area contributed by atoms with Crippen LogP contribution in [-0.2, 0) is 4.79 Å². The fourth-order valence-electron chi connectivity index (χ4n) is 2.17. The smallest absolute Gasteiger partial charge is 0.265 e. The van der Waals surface area contributed by atoms with Crippen LogP contribution in [0.2, 0.25) is 0 Å². The van der Waals surface area contributed by atoms with E-state index < -0.39 is 11.7 Å². The molecule has 0 atom stereocenters. The monoisotopic (exact) mass is 448 g/mol. The number of hydrogen-bond acceptors (Lipinski definition) is 4. The van der Waals surface area contributed by atoms with E-state index in [1.54, 1.807) is 42.5 Å². The van der Waals surface area contributed by atoms with Crippen molar-refractivity contribution in [3.8, 4) is 5.75 Å². The van der Waals surface area contributed by atoms with Gasteiger partial charge < -0.3 is 15.4 Å². The van der Waals surface area contributed by atoms with Gasteiger partial charge in [0.15, 0.2) is 18.2 Å². The molecule has 2 N–H and O–H groups in total. The van der Waals surface area contributed by atoms with Gasteiger partial charge in [-0.1, -0.05) is 22.0 Å². The van der Waals surface area contributed by atoms with Crippen molar-refractivity contribution < 1.29 is 18.7 Å². The summed E-state index contributed by atoms with van der Waals surface area (Å²) in [5.41, 5.74) is 1.15. The highest BCUT2D eigenvalue weighted by atomic mass is 79.9. The Kier molecular flexibility index (Phi) is 6.20. The topological polar surface area (TPSA) is 67.4 Å². The number of amides is 2. The molecule has 1 heterocycles. The molecule has 1 aromatic heterocycles. The largest absolute Gasteiger partial charge is 0.481 e. The third-order valence-electron chi connectivity index (χ3n) is 3.42. The zero-order valence-electron chi connectivity index (χ0n) is 13.9. The molecule has 5 nitrogen and oxygen atoms in total. The van der Waals surface area contributed by atoms with Crippen LogP contribution in [0.1, 0.15) is 9.67 Å². The standard InChI is InChI=1S/C19H14BrFN2O3S/c20-12-3-8-16(15(21)10-12)26-11-18(24)22-13-4-6-14(7-5-13)23-19(25)17-2-1-9-27-17/h1-10H,11H2,(H,22,24)(H,23,25). The Labute approximate surface area is 167 Å². The van der Waals surface area contributed by atoms with Crippen molar-refractivity contribution in [2.24, 2.45) is 0 Å². The summed E-state index contributed by atoms with van der Waals surface area (Å²) >= 11 is 4.51. The second-order valence-corrected chi connectivity index (χ2v) is 7.28. The molecule has 0 aliphatic heterocycles. The van der Waals surface area contributed by atoms with E-state index in [9.17, 15) is 14.0 Å². The number of carbonyl (C=O) groups is 2. The van der Waals surface area contributed by atoms with E-state index in [0.29, 0.717) is 20.7 Å². The summed E-state index contributed by atoms with van der Waals surface area (Å²) in [6, 6.07) is 14.5. The van der Waals surface area contributed by atoms with Crippen molar-refractivity contribution in [1.29, 1.82) is 0 Å². The third kappa shape index (κ3) is 5.38. The number of hydrogen-bond donors (Lipinski definition) is 2. The van der Waals surface area contributed by atoms with E-state index in [1.165, 1.54) is 23.5 Å². The van der Waals surface area contributed by atoms with Gasteiger partial charge in [0.2, 0.25) is 0 Å². The number of anilines is 2. The number of carbonyl (C=O) groups excluding carboxylic acids is 2. The van der Waals surface area contributed by atoms with Gasteiger partial charge >= 0.3 is 0 Å². The average Bonchev–Trinajstić information content (AvgIpc) is 3.17. The van der Waals surface area contributed by atoms with Crippen LogP contribution < -0.4 is 15.4 Å². The number of benzene rings is 2. The lowest BCUT2D eigenvalue weighted by Crippen LogP contribution is -2.20. The number of rotatable bonds is 6. The van der Waals surface area contributed by atoms with E-state index in [4.69, 9.17) is 4.74 Å². The van der Waals surface area contributed by atoms with E-state index in [-0.39, 0.29) is 18.3 Å². The van der Waals surface area contributed by atoms with Crippen molar-refractivity contribution in [2.45, 2.75) is 0 Å². The van der Waals surface area contributed by atoms with Crippen molar-refractivity contribution in [2.75, 3.05) is 17.2 Å². The number of ether oxygens (including phenoxy) is 1. The second kappa shape index (κ2) is 8.79. The molecule has 2 aromatic carbocycles. The molecule has 0 spiro atoms. The molecular weight excluding hydrogens is 435 g/mol. The molecule has 2 amide bonds. The van der Waals surface area contributed by atoms with Crippen LogP contribution in [0.25, 0.3) is 0 Å².